The molecule has 0 bridgehead atoms. The van der Waals surface area contributed by atoms with Crippen LogP contribution in [0.4, 0.5) is 23.2 Å². The summed E-state index contributed by atoms with van der Waals surface area (Å²) in [5.74, 6) is -2.47. The van der Waals surface area contributed by atoms with Crippen molar-refractivity contribution in [2.45, 2.75) is 49.1 Å². The van der Waals surface area contributed by atoms with Crippen LogP contribution >= 0.6 is 0 Å². The average molecular weight is 593 g/mol. The van der Waals surface area contributed by atoms with E-state index in [4.69, 9.17) is 4.74 Å². The van der Waals surface area contributed by atoms with Crippen molar-refractivity contribution in [3.05, 3.63) is 77.6 Å². The van der Waals surface area contributed by atoms with Gasteiger partial charge >= 0.3 is 5.51 Å². The monoisotopic (exact) mass is 592 g/mol. The Morgan fingerprint density at radius 1 is 1.02 bits per heavy atom. The van der Waals surface area contributed by atoms with E-state index in [1.165, 1.54) is 19.2 Å². The van der Waals surface area contributed by atoms with Crippen molar-refractivity contribution in [1.82, 2.24) is 5.32 Å². The van der Waals surface area contributed by atoms with Gasteiger partial charge in [-0.3, -0.25) is 9.59 Å². The fourth-order valence-electron chi connectivity index (χ4n) is 4.88. The van der Waals surface area contributed by atoms with Crippen LogP contribution in [0.15, 0.2) is 65.6 Å². The SMILES string of the molecule is CCc1cccc(-c2cc(C(=O)N[C@@H]3CCC[C@@H]3C(=O)Nc3cccc(S(=O)(=O)C(F)(F)F)c3)c(OC)cc2F)c1. The highest BCUT2D eigenvalue weighted by Gasteiger charge is 2.47. The number of alkyl halides is 3. The Morgan fingerprint density at radius 2 is 1.76 bits per heavy atom. The Labute approximate surface area is 234 Å². The predicted octanol–water partition coefficient (Wildman–Crippen LogP) is 5.89. The van der Waals surface area contributed by atoms with Crippen LogP contribution in [0.2, 0.25) is 0 Å². The summed E-state index contributed by atoms with van der Waals surface area (Å²) in [6.07, 6.45) is 2.15. The minimum absolute atomic E-state index is 0.0112. The summed E-state index contributed by atoms with van der Waals surface area (Å²) >= 11 is 0. The van der Waals surface area contributed by atoms with Crippen molar-refractivity contribution in [1.29, 1.82) is 0 Å². The third-order valence-corrected chi connectivity index (χ3v) is 8.55. The first kappa shape index (κ1) is 30.0. The molecule has 0 aromatic heterocycles. The first-order chi connectivity index (χ1) is 19.3. The largest absolute Gasteiger partial charge is 0.501 e. The highest BCUT2D eigenvalue weighted by Crippen LogP contribution is 2.34. The molecule has 0 radical (unpaired) electrons. The van der Waals surface area contributed by atoms with Crippen molar-refractivity contribution >= 4 is 27.3 Å². The molecule has 1 aliphatic rings. The number of ether oxygens (including phenoxy) is 1. The van der Waals surface area contributed by atoms with Gasteiger partial charge in [0.1, 0.15) is 11.6 Å². The van der Waals surface area contributed by atoms with E-state index in [2.05, 4.69) is 10.6 Å². The smallest absolute Gasteiger partial charge is 0.496 e. The van der Waals surface area contributed by atoms with Crippen LogP contribution in [0.25, 0.3) is 11.1 Å². The minimum Gasteiger partial charge on any atom is -0.496 e. The van der Waals surface area contributed by atoms with Gasteiger partial charge in [0, 0.05) is 23.4 Å². The van der Waals surface area contributed by atoms with Gasteiger partial charge in [-0.1, -0.05) is 43.7 Å². The lowest BCUT2D eigenvalue weighted by atomic mass is 9.98. The van der Waals surface area contributed by atoms with Crippen LogP contribution in [0, 0.1) is 11.7 Å². The molecule has 1 fully saturated rings. The van der Waals surface area contributed by atoms with Crippen molar-refractivity contribution < 1.29 is 40.3 Å². The van der Waals surface area contributed by atoms with E-state index in [1.807, 2.05) is 19.1 Å². The average Bonchev–Trinajstić information content (AvgIpc) is 3.40. The van der Waals surface area contributed by atoms with Crippen molar-refractivity contribution in [2.24, 2.45) is 5.92 Å². The molecule has 41 heavy (non-hydrogen) atoms. The number of hydrogen-bond donors (Lipinski definition) is 2. The molecule has 4 rings (SSSR count). The number of amides is 2. The summed E-state index contributed by atoms with van der Waals surface area (Å²) in [4.78, 5) is 25.4. The molecule has 2 atom stereocenters. The number of aryl methyl sites for hydroxylation is 1. The summed E-state index contributed by atoms with van der Waals surface area (Å²) < 4.78 is 82.6. The van der Waals surface area contributed by atoms with E-state index >= 15 is 0 Å². The standard InChI is InChI=1S/C29H28F4N2O5S/c1-3-17-7-4-8-18(13-17)22-15-23(26(40-2)16-24(22)30)28(37)35-25-12-6-11-21(25)27(36)34-19-9-5-10-20(14-19)41(38,39)29(31,32)33/h4-5,7-10,13-16,21,25H,3,6,11-12H2,1-2H3,(H,34,36)(H,35,37)/t21-,25+/m0/s1. The molecule has 3 aromatic carbocycles. The van der Waals surface area contributed by atoms with Crippen molar-refractivity contribution in [3.8, 4) is 16.9 Å². The number of halogens is 4. The Bertz CT molecular complexity index is 1570. The first-order valence-electron chi connectivity index (χ1n) is 12.9. The number of methoxy groups -OCH3 is 1. The van der Waals surface area contributed by atoms with Gasteiger partial charge in [-0.2, -0.15) is 13.2 Å². The van der Waals surface area contributed by atoms with E-state index in [-0.39, 0.29) is 22.6 Å². The summed E-state index contributed by atoms with van der Waals surface area (Å²) in [6, 6.07) is 13.1. The maximum absolute atomic E-state index is 15.0. The second-order valence-electron chi connectivity index (χ2n) is 9.67. The Balaban J connectivity index is 1.54. The number of carbonyl (C=O) groups is 2. The van der Waals surface area contributed by atoms with Gasteiger partial charge in [0.15, 0.2) is 0 Å². The maximum atomic E-state index is 15.0. The lowest BCUT2D eigenvalue weighted by Crippen LogP contribution is -2.42. The number of hydrogen-bond acceptors (Lipinski definition) is 5. The highest BCUT2D eigenvalue weighted by molar-refractivity contribution is 7.92. The number of benzene rings is 3. The van der Waals surface area contributed by atoms with Crippen LogP contribution in [-0.2, 0) is 21.1 Å². The zero-order chi connectivity index (χ0) is 29.9. The molecular weight excluding hydrogens is 564 g/mol. The molecule has 7 nitrogen and oxygen atoms in total. The number of anilines is 1. The van der Waals surface area contributed by atoms with Crippen LogP contribution in [0.1, 0.15) is 42.1 Å². The summed E-state index contributed by atoms with van der Waals surface area (Å²) in [5, 5.41) is 5.28. The summed E-state index contributed by atoms with van der Waals surface area (Å²) in [5.41, 5.74) is -3.76. The third-order valence-electron chi connectivity index (χ3n) is 7.07. The molecule has 0 spiro atoms. The van der Waals surface area contributed by atoms with Gasteiger partial charge in [-0.15, -0.1) is 0 Å². The molecule has 0 aliphatic heterocycles. The van der Waals surface area contributed by atoms with Crippen molar-refractivity contribution in [2.75, 3.05) is 12.4 Å². The quantitative estimate of drug-likeness (QED) is 0.318. The van der Waals surface area contributed by atoms with Crippen LogP contribution in [0.5, 0.6) is 5.75 Å². The van der Waals surface area contributed by atoms with Gasteiger partial charge in [-0.05, 0) is 54.7 Å². The van der Waals surface area contributed by atoms with E-state index in [0.29, 0.717) is 24.8 Å². The lowest BCUT2D eigenvalue weighted by molar-refractivity contribution is -0.120. The first-order valence-corrected chi connectivity index (χ1v) is 14.3. The molecule has 3 aromatic rings. The zero-order valence-electron chi connectivity index (χ0n) is 22.2. The Morgan fingerprint density at radius 3 is 2.44 bits per heavy atom. The molecule has 2 N–H and O–H groups in total. The van der Waals surface area contributed by atoms with Gasteiger partial charge < -0.3 is 15.4 Å². The molecule has 12 heteroatoms. The molecular formula is C29H28F4N2O5S. The topological polar surface area (TPSA) is 102 Å². The molecule has 0 unspecified atom stereocenters. The maximum Gasteiger partial charge on any atom is 0.501 e. The highest BCUT2D eigenvalue weighted by atomic mass is 32.2. The number of nitrogens with one attached hydrogen (secondary N) is 2. The molecule has 0 saturated heterocycles. The van der Waals surface area contributed by atoms with E-state index < -0.39 is 49.8 Å². The summed E-state index contributed by atoms with van der Waals surface area (Å²) in [6.45, 7) is 1.97. The number of sulfone groups is 1. The normalized spacial score (nSPS) is 17.2. The minimum atomic E-state index is -5.60. The fraction of sp³-hybridized carbons (Fsp3) is 0.310. The lowest BCUT2D eigenvalue weighted by Gasteiger charge is -2.22. The molecule has 1 saturated carbocycles. The van der Waals surface area contributed by atoms with Crippen molar-refractivity contribution in [3.63, 3.8) is 0 Å². The molecule has 2 amide bonds. The van der Waals surface area contributed by atoms with Crippen LogP contribution in [-0.4, -0.2) is 38.9 Å². The van der Waals surface area contributed by atoms with Gasteiger partial charge in [0.25, 0.3) is 15.7 Å². The fourth-order valence-corrected chi connectivity index (χ4v) is 5.69. The molecule has 1 aliphatic carbocycles. The molecule has 218 valence electrons. The van der Waals surface area contributed by atoms with E-state index in [0.717, 1.165) is 36.2 Å². The predicted molar refractivity (Wildman–Crippen MR) is 145 cm³/mol. The third kappa shape index (κ3) is 6.37. The Hall–Kier alpha value is -3.93. The number of rotatable bonds is 8. The van der Waals surface area contributed by atoms with E-state index in [1.54, 1.807) is 12.1 Å². The summed E-state index contributed by atoms with van der Waals surface area (Å²) in [7, 11) is -4.29. The van der Waals surface area contributed by atoms with Crippen LogP contribution < -0.4 is 15.4 Å². The second-order valence-corrected chi connectivity index (χ2v) is 11.6. The number of carbonyl (C=O) groups excluding carboxylic acids is 2. The van der Waals surface area contributed by atoms with E-state index in [9.17, 15) is 35.6 Å². The van der Waals surface area contributed by atoms with Gasteiger partial charge in [-0.25, -0.2) is 12.8 Å². The van der Waals surface area contributed by atoms with Gasteiger partial charge in [0.2, 0.25) is 5.91 Å². The van der Waals surface area contributed by atoms with Gasteiger partial charge in [0.05, 0.1) is 23.5 Å². The zero-order valence-corrected chi connectivity index (χ0v) is 23.0. The Kier molecular flexibility index (Phi) is 8.71. The van der Waals surface area contributed by atoms with Crippen LogP contribution in [0.3, 0.4) is 0 Å². The molecule has 0 heterocycles. The second kappa shape index (κ2) is 11.9.